The maximum atomic E-state index is 15.1. The number of halogens is 2. The summed E-state index contributed by atoms with van der Waals surface area (Å²) in [6, 6.07) is 15.1. The summed E-state index contributed by atoms with van der Waals surface area (Å²) in [5, 5.41) is 0.628. The second kappa shape index (κ2) is 14.9. The molecule has 7 nitrogen and oxygen atoms in total. The van der Waals surface area contributed by atoms with E-state index in [0.29, 0.717) is 45.9 Å². The summed E-state index contributed by atoms with van der Waals surface area (Å²) < 4.78 is 45.7. The fourth-order valence-corrected chi connectivity index (χ4v) is 5.40. The Morgan fingerprint density at radius 2 is 1.55 bits per heavy atom. The Hall–Kier alpha value is -4.37. The molecule has 0 atom stereocenters. The maximum Gasteiger partial charge on any atom is 0.166 e. The van der Waals surface area contributed by atoms with Crippen molar-refractivity contribution in [2.24, 2.45) is 0 Å². The van der Waals surface area contributed by atoms with Crippen LogP contribution in [0.5, 0.6) is 23.0 Å². The van der Waals surface area contributed by atoms with Crippen LogP contribution in [-0.4, -0.2) is 54.8 Å². The predicted octanol–water partition coefficient (Wildman–Crippen LogP) is 6.88. The number of pyridine rings is 1. The number of fused-ring (bicyclic) bond motifs is 1. The van der Waals surface area contributed by atoms with Crippen molar-refractivity contribution in [3.8, 4) is 23.0 Å². The third kappa shape index (κ3) is 8.38. The van der Waals surface area contributed by atoms with Crippen LogP contribution >= 0.6 is 0 Å². The van der Waals surface area contributed by atoms with E-state index in [4.69, 9.17) is 14.2 Å². The smallest absolute Gasteiger partial charge is 0.166 e. The third-order valence-electron chi connectivity index (χ3n) is 7.64. The fraction of sp³-hybridized carbons (Fsp3) is 0.343. The highest BCUT2D eigenvalue weighted by Crippen LogP contribution is 2.37. The first-order valence-electron chi connectivity index (χ1n) is 14.9. The minimum absolute atomic E-state index is 0.0157. The second-order valence-electron chi connectivity index (χ2n) is 11.0. The lowest BCUT2D eigenvalue weighted by molar-refractivity contribution is -0.126. The van der Waals surface area contributed by atoms with Crippen molar-refractivity contribution in [1.82, 2.24) is 9.88 Å². The third-order valence-corrected chi connectivity index (χ3v) is 7.64. The van der Waals surface area contributed by atoms with Crippen LogP contribution in [0.15, 0.2) is 66.9 Å². The highest BCUT2D eigenvalue weighted by molar-refractivity contribution is 6.00. The molecule has 1 saturated heterocycles. The van der Waals surface area contributed by atoms with Gasteiger partial charge in [0.25, 0.3) is 0 Å². The van der Waals surface area contributed by atoms with Crippen LogP contribution in [0.4, 0.5) is 8.78 Å². The Bertz CT molecular complexity index is 1600. The standard InChI is InChI=1S/C35H36F2N2O5/c1-42-34-22-29-31(23-35(34)43-17-5-16-39-14-3-2-4-15-39)38-13-12-32(29)44-33-11-8-25(20-30(33)37)19-28(41)21-27(40)18-24-6-9-26(36)10-7-24/h6-13,20,22-23H,2-5,14-19,21H2,1H3. The highest BCUT2D eigenvalue weighted by Gasteiger charge is 2.16. The number of methoxy groups -OCH3 is 1. The van der Waals surface area contributed by atoms with E-state index in [2.05, 4.69) is 9.88 Å². The van der Waals surface area contributed by atoms with Gasteiger partial charge in [0, 0.05) is 37.0 Å². The normalized spacial score (nSPS) is 13.5. The quantitative estimate of drug-likeness (QED) is 0.115. The van der Waals surface area contributed by atoms with Gasteiger partial charge in [-0.2, -0.15) is 0 Å². The van der Waals surface area contributed by atoms with Crippen LogP contribution < -0.4 is 14.2 Å². The van der Waals surface area contributed by atoms with E-state index in [1.54, 1.807) is 37.6 Å². The molecule has 0 bridgehead atoms. The van der Waals surface area contributed by atoms with Crippen molar-refractivity contribution in [2.75, 3.05) is 33.4 Å². The maximum absolute atomic E-state index is 15.1. The average Bonchev–Trinajstić information content (AvgIpc) is 3.02. The molecular weight excluding hydrogens is 566 g/mol. The van der Waals surface area contributed by atoms with Gasteiger partial charge in [-0.3, -0.25) is 14.6 Å². The van der Waals surface area contributed by atoms with E-state index in [9.17, 15) is 14.0 Å². The van der Waals surface area contributed by atoms with Crippen molar-refractivity contribution in [2.45, 2.75) is 44.9 Å². The molecule has 44 heavy (non-hydrogen) atoms. The Morgan fingerprint density at radius 3 is 2.27 bits per heavy atom. The topological polar surface area (TPSA) is 78.0 Å². The SMILES string of the molecule is COc1cc2c(Oc3ccc(CC(=O)CC(=O)Cc4ccc(F)cc4)cc3F)ccnc2cc1OCCCN1CCCCC1. The number of ketones is 2. The molecule has 3 aromatic carbocycles. The van der Waals surface area contributed by atoms with Crippen molar-refractivity contribution >= 4 is 22.5 Å². The Morgan fingerprint density at radius 1 is 0.818 bits per heavy atom. The first kappa shape index (κ1) is 31.1. The minimum atomic E-state index is -0.640. The van der Waals surface area contributed by atoms with Gasteiger partial charge in [0.1, 0.15) is 23.1 Å². The van der Waals surface area contributed by atoms with Crippen LogP contribution in [0.2, 0.25) is 0 Å². The molecular formula is C35H36F2N2O5. The van der Waals surface area contributed by atoms with Gasteiger partial charge < -0.3 is 19.1 Å². The van der Waals surface area contributed by atoms with Gasteiger partial charge >= 0.3 is 0 Å². The molecule has 230 valence electrons. The zero-order valence-corrected chi connectivity index (χ0v) is 24.8. The number of hydrogen-bond acceptors (Lipinski definition) is 7. The lowest BCUT2D eigenvalue weighted by Gasteiger charge is -2.26. The fourth-order valence-electron chi connectivity index (χ4n) is 5.40. The molecule has 0 amide bonds. The molecule has 0 radical (unpaired) electrons. The Kier molecular flexibility index (Phi) is 10.5. The number of ether oxygens (including phenoxy) is 3. The number of aromatic nitrogens is 1. The lowest BCUT2D eigenvalue weighted by Crippen LogP contribution is -2.31. The highest BCUT2D eigenvalue weighted by atomic mass is 19.1. The summed E-state index contributed by atoms with van der Waals surface area (Å²) in [5.74, 6) is -0.168. The summed E-state index contributed by atoms with van der Waals surface area (Å²) in [6.45, 7) is 3.85. The van der Waals surface area contributed by atoms with Gasteiger partial charge in [-0.05, 0) is 79.9 Å². The number of Topliss-reactive ketones (excluding diaryl/α,β-unsaturated/α-hetero) is 2. The summed E-state index contributed by atoms with van der Waals surface area (Å²) in [4.78, 5) is 31.7. The molecule has 2 heterocycles. The van der Waals surface area contributed by atoms with E-state index in [0.717, 1.165) is 26.1 Å². The van der Waals surface area contributed by atoms with Crippen LogP contribution in [0.3, 0.4) is 0 Å². The average molecular weight is 603 g/mol. The first-order valence-corrected chi connectivity index (χ1v) is 14.9. The van der Waals surface area contributed by atoms with E-state index in [1.807, 2.05) is 0 Å². The summed E-state index contributed by atoms with van der Waals surface area (Å²) >= 11 is 0. The molecule has 1 fully saturated rings. The van der Waals surface area contributed by atoms with E-state index < -0.39 is 11.6 Å². The molecule has 0 saturated carbocycles. The van der Waals surface area contributed by atoms with Crippen molar-refractivity contribution in [1.29, 1.82) is 0 Å². The van der Waals surface area contributed by atoms with Crippen LogP contribution in [0.1, 0.15) is 43.2 Å². The number of carbonyl (C=O) groups excluding carboxylic acids is 2. The molecule has 1 aliphatic rings. The van der Waals surface area contributed by atoms with Crippen LogP contribution in [-0.2, 0) is 22.4 Å². The lowest BCUT2D eigenvalue weighted by atomic mass is 10.0. The van der Waals surface area contributed by atoms with Crippen LogP contribution in [0, 0.1) is 11.6 Å². The van der Waals surface area contributed by atoms with Crippen molar-refractivity contribution in [3.05, 3.63) is 89.6 Å². The van der Waals surface area contributed by atoms with Gasteiger partial charge in [0.2, 0.25) is 0 Å². The zero-order valence-electron chi connectivity index (χ0n) is 24.8. The molecule has 1 aromatic heterocycles. The summed E-state index contributed by atoms with van der Waals surface area (Å²) in [6.07, 6.45) is 5.96. The van der Waals surface area contributed by atoms with E-state index >= 15 is 4.39 Å². The van der Waals surface area contributed by atoms with Gasteiger partial charge in [0.05, 0.1) is 25.7 Å². The molecule has 0 unspecified atom stereocenters. The summed E-state index contributed by atoms with van der Waals surface area (Å²) in [5.41, 5.74) is 1.67. The second-order valence-corrected chi connectivity index (χ2v) is 11.0. The number of nitrogens with zero attached hydrogens (tertiary/aromatic N) is 2. The van der Waals surface area contributed by atoms with Crippen molar-refractivity contribution in [3.63, 3.8) is 0 Å². The van der Waals surface area contributed by atoms with Gasteiger partial charge in [0.15, 0.2) is 23.1 Å². The molecule has 9 heteroatoms. The van der Waals surface area contributed by atoms with Crippen molar-refractivity contribution < 1.29 is 32.6 Å². The Balaban J connectivity index is 1.20. The summed E-state index contributed by atoms with van der Waals surface area (Å²) in [7, 11) is 1.56. The molecule has 0 aliphatic carbocycles. The largest absolute Gasteiger partial charge is 0.493 e. The molecule has 4 aromatic rings. The number of benzene rings is 3. The zero-order chi connectivity index (χ0) is 30.9. The number of likely N-dealkylation sites (tertiary alicyclic amines) is 1. The monoisotopic (exact) mass is 602 g/mol. The Labute approximate surface area is 255 Å². The van der Waals surface area contributed by atoms with Gasteiger partial charge in [-0.1, -0.05) is 24.6 Å². The number of rotatable bonds is 14. The molecule has 5 rings (SSSR count). The van der Waals surface area contributed by atoms with Gasteiger partial charge in [-0.15, -0.1) is 0 Å². The molecule has 0 N–H and O–H groups in total. The number of piperidine rings is 1. The predicted molar refractivity (Wildman–Crippen MR) is 164 cm³/mol. The van der Waals surface area contributed by atoms with Gasteiger partial charge in [-0.25, -0.2) is 8.78 Å². The van der Waals surface area contributed by atoms with E-state index in [-0.39, 0.29) is 36.6 Å². The van der Waals surface area contributed by atoms with Crippen LogP contribution in [0.25, 0.3) is 10.9 Å². The molecule has 0 spiro atoms. The first-order chi connectivity index (χ1) is 21.4. The number of hydrogen-bond donors (Lipinski definition) is 0. The number of carbonyl (C=O) groups is 2. The molecule has 1 aliphatic heterocycles. The minimum Gasteiger partial charge on any atom is -0.493 e. The van der Waals surface area contributed by atoms with E-state index in [1.165, 1.54) is 55.7 Å².